The number of nitrogens with one attached hydrogen (secondary N) is 1. The molecule has 1 atom stereocenters. The van der Waals surface area contributed by atoms with Crippen molar-refractivity contribution in [2.75, 3.05) is 0 Å². The van der Waals surface area contributed by atoms with Crippen LogP contribution in [-0.4, -0.2) is 39.7 Å². The topological polar surface area (TPSA) is 104 Å². The highest BCUT2D eigenvalue weighted by molar-refractivity contribution is 6.24. The molecule has 2 aliphatic rings. The van der Waals surface area contributed by atoms with Gasteiger partial charge in [0.15, 0.2) is 0 Å². The van der Waals surface area contributed by atoms with Crippen molar-refractivity contribution >= 4 is 23.6 Å². The summed E-state index contributed by atoms with van der Waals surface area (Å²) in [6.07, 6.45) is 0.0259. The highest BCUT2D eigenvalue weighted by atomic mass is 19.1. The maximum atomic E-state index is 13.7. The first-order valence-electron chi connectivity index (χ1n) is 6.59. The molecule has 0 bridgehead atoms. The number of nitrogens with zero attached hydrogens (tertiary/aromatic N) is 1. The van der Waals surface area contributed by atoms with Gasteiger partial charge in [-0.1, -0.05) is 0 Å². The number of aliphatic hydroxyl groups is 1. The van der Waals surface area contributed by atoms with Gasteiger partial charge in [0, 0.05) is 12.0 Å². The number of carbonyl (C=O) groups excluding carboxylic acids is 4. The molecule has 4 amide bonds. The first-order chi connectivity index (χ1) is 10.5. The number of halogens is 1. The van der Waals surface area contributed by atoms with Crippen molar-refractivity contribution in [3.05, 3.63) is 34.6 Å². The summed E-state index contributed by atoms with van der Waals surface area (Å²) in [6, 6.07) is 1.03. The van der Waals surface area contributed by atoms with Crippen LogP contribution >= 0.6 is 0 Å². The van der Waals surface area contributed by atoms with Gasteiger partial charge in [0.25, 0.3) is 11.8 Å². The molecule has 2 heterocycles. The number of hydrogen-bond donors (Lipinski definition) is 2. The van der Waals surface area contributed by atoms with Crippen LogP contribution in [0.5, 0.6) is 0 Å². The molecular weight excluding hydrogens is 295 g/mol. The van der Waals surface area contributed by atoms with E-state index in [9.17, 15) is 28.7 Å². The zero-order valence-corrected chi connectivity index (χ0v) is 11.3. The standard InChI is InChI=1S/C14H11FN2O5/c15-8-2-1-6-11(7(8)5-18)14(22)17(13(6)21)9-3-4-10(19)16-12(9)20/h1-2,9,18H,3-5H2,(H,16,19,20). The molecule has 1 unspecified atom stereocenters. The number of aliphatic hydroxyl groups excluding tert-OH is 1. The third-order valence-corrected chi connectivity index (χ3v) is 3.82. The Morgan fingerprint density at radius 2 is 1.95 bits per heavy atom. The molecule has 1 aromatic carbocycles. The van der Waals surface area contributed by atoms with Crippen molar-refractivity contribution in [3.8, 4) is 0 Å². The van der Waals surface area contributed by atoms with Crippen LogP contribution < -0.4 is 5.32 Å². The summed E-state index contributed by atoms with van der Waals surface area (Å²) in [5.74, 6) is -3.58. The highest BCUT2D eigenvalue weighted by Crippen LogP contribution is 2.31. The Balaban J connectivity index is 2.04. The summed E-state index contributed by atoms with van der Waals surface area (Å²) in [5, 5.41) is 11.3. The van der Waals surface area contributed by atoms with Gasteiger partial charge in [-0.15, -0.1) is 0 Å². The molecule has 1 saturated heterocycles. The molecule has 7 nitrogen and oxygen atoms in total. The number of imide groups is 2. The Bertz CT molecular complexity index is 730. The molecule has 8 heteroatoms. The van der Waals surface area contributed by atoms with Crippen molar-refractivity contribution in [3.63, 3.8) is 0 Å². The van der Waals surface area contributed by atoms with Gasteiger partial charge in [-0.2, -0.15) is 0 Å². The predicted octanol–water partition coefficient (Wildman–Crippen LogP) is -0.281. The summed E-state index contributed by atoms with van der Waals surface area (Å²) in [5.41, 5.74) is -0.553. The Hall–Kier alpha value is -2.61. The summed E-state index contributed by atoms with van der Waals surface area (Å²) in [7, 11) is 0. The average molecular weight is 306 g/mol. The van der Waals surface area contributed by atoms with Gasteiger partial charge in [0.05, 0.1) is 17.7 Å². The van der Waals surface area contributed by atoms with Gasteiger partial charge in [0.1, 0.15) is 11.9 Å². The zero-order valence-electron chi connectivity index (χ0n) is 11.3. The van der Waals surface area contributed by atoms with E-state index in [-0.39, 0.29) is 29.5 Å². The number of fused-ring (bicyclic) bond motifs is 1. The summed E-state index contributed by atoms with van der Waals surface area (Å²) in [4.78, 5) is 48.5. The fourth-order valence-corrected chi connectivity index (χ4v) is 2.75. The van der Waals surface area contributed by atoms with Crippen LogP contribution in [0.1, 0.15) is 39.1 Å². The molecule has 2 N–H and O–H groups in total. The molecule has 0 aliphatic carbocycles. The van der Waals surface area contributed by atoms with E-state index in [1.807, 2.05) is 0 Å². The van der Waals surface area contributed by atoms with Gasteiger partial charge in [-0.3, -0.25) is 29.4 Å². The normalized spacial score (nSPS) is 21.2. The van der Waals surface area contributed by atoms with Crippen molar-refractivity contribution < 1.29 is 28.7 Å². The van der Waals surface area contributed by atoms with E-state index in [2.05, 4.69) is 5.32 Å². The lowest BCUT2D eigenvalue weighted by Crippen LogP contribution is -2.54. The smallest absolute Gasteiger partial charge is 0.262 e. The van der Waals surface area contributed by atoms with E-state index < -0.39 is 42.1 Å². The minimum Gasteiger partial charge on any atom is -0.392 e. The number of amides is 4. The fraction of sp³-hybridized carbons (Fsp3) is 0.286. The Morgan fingerprint density at radius 1 is 1.23 bits per heavy atom. The first-order valence-corrected chi connectivity index (χ1v) is 6.59. The van der Waals surface area contributed by atoms with Crippen LogP contribution in [-0.2, 0) is 16.2 Å². The zero-order chi connectivity index (χ0) is 16.0. The van der Waals surface area contributed by atoms with Crippen molar-refractivity contribution in [2.24, 2.45) is 0 Å². The number of benzene rings is 1. The monoisotopic (exact) mass is 306 g/mol. The second-order valence-corrected chi connectivity index (χ2v) is 5.05. The molecular formula is C14H11FN2O5. The molecule has 0 spiro atoms. The minimum atomic E-state index is -1.11. The number of piperidine rings is 1. The molecule has 0 radical (unpaired) electrons. The minimum absolute atomic E-state index is 0.00499. The third-order valence-electron chi connectivity index (χ3n) is 3.82. The van der Waals surface area contributed by atoms with Crippen LogP contribution in [0.2, 0.25) is 0 Å². The molecule has 1 fully saturated rings. The van der Waals surface area contributed by atoms with E-state index in [1.165, 1.54) is 0 Å². The molecule has 2 aliphatic heterocycles. The van der Waals surface area contributed by atoms with E-state index in [1.54, 1.807) is 0 Å². The van der Waals surface area contributed by atoms with E-state index >= 15 is 0 Å². The van der Waals surface area contributed by atoms with E-state index in [4.69, 9.17) is 0 Å². The predicted molar refractivity (Wildman–Crippen MR) is 69.0 cm³/mol. The Kier molecular flexibility index (Phi) is 3.25. The quantitative estimate of drug-likeness (QED) is 0.731. The average Bonchev–Trinajstić information content (AvgIpc) is 2.72. The first kappa shape index (κ1) is 14.3. The Morgan fingerprint density at radius 3 is 2.59 bits per heavy atom. The largest absolute Gasteiger partial charge is 0.392 e. The summed E-state index contributed by atoms with van der Waals surface area (Å²) >= 11 is 0. The molecule has 3 rings (SSSR count). The maximum Gasteiger partial charge on any atom is 0.262 e. The summed E-state index contributed by atoms with van der Waals surface area (Å²) in [6.45, 7) is -0.739. The lowest BCUT2D eigenvalue weighted by Gasteiger charge is -2.27. The van der Waals surface area contributed by atoms with Gasteiger partial charge in [0.2, 0.25) is 11.8 Å². The third kappa shape index (κ3) is 1.92. The van der Waals surface area contributed by atoms with Crippen LogP contribution in [0.15, 0.2) is 12.1 Å². The Labute approximate surface area is 123 Å². The summed E-state index contributed by atoms with van der Waals surface area (Å²) < 4.78 is 13.7. The lowest BCUT2D eigenvalue weighted by atomic mass is 10.0. The number of carbonyl (C=O) groups is 4. The second-order valence-electron chi connectivity index (χ2n) is 5.05. The highest BCUT2D eigenvalue weighted by Gasteiger charge is 2.45. The number of hydrogen-bond acceptors (Lipinski definition) is 5. The maximum absolute atomic E-state index is 13.7. The SMILES string of the molecule is O=C1CCC(N2C(=O)c3ccc(F)c(CO)c3C2=O)C(=O)N1. The van der Waals surface area contributed by atoms with Gasteiger partial charge in [-0.25, -0.2) is 4.39 Å². The van der Waals surface area contributed by atoms with Gasteiger partial charge in [-0.05, 0) is 18.6 Å². The molecule has 0 aromatic heterocycles. The van der Waals surface area contributed by atoms with Gasteiger partial charge >= 0.3 is 0 Å². The number of rotatable bonds is 2. The molecule has 1 aromatic rings. The van der Waals surface area contributed by atoms with Crippen LogP contribution in [0.4, 0.5) is 4.39 Å². The molecule has 114 valence electrons. The van der Waals surface area contributed by atoms with Crippen molar-refractivity contribution in [1.29, 1.82) is 0 Å². The molecule has 0 saturated carbocycles. The van der Waals surface area contributed by atoms with Crippen molar-refractivity contribution in [1.82, 2.24) is 10.2 Å². The van der Waals surface area contributed by atoms with Gasteiger partial charge < -0.3 is 5.11 Å². The van der Waals surface area contributed by atoms with Crippen LogP contribution in [0.25, 0.3) is 0 Å². The van der Waals surface area contributed by atoms with E-state index in [0.29, 0.717) is 0 Å². The van der Waals surface area contributed by atoms with Crippen molar-refractivity contribution in [2.45, 2.75) is 25.5 Å². The second kappa shape index (κ2) is 4.99. The lowest BCUT2D eigenvalue weighted by molar-refractivity contribution is -0.136. The van der Waals surface area contributed by atoms with Crippen LogP contribution in [0.3, 0.4) is 0 Å². The fourth-order valence-electron chi connectivity index (χ4n) is 2.75. The molecule has 22 heavy (non-hydrogen) atoms. The van der Waals surface area contributed by atoms with Crippen LogP contribution in [0, 0.1) is 5.82 Å². The van der Waals surface area contributed by atoms with E-state index in [0.717, 1.165) is 17.0 Å².